The minimum atomic E-state index is -0.280. The average molecular weight is 589 g/mol. The van der Waals surface area contributed by atoms with Gasteiger partial charge in [-0.1, -0.05) is 72.2 Å². The SMILES string of the molecule is CC1(C)CC[C@]2(CO)CC[C@]3(C)C(=CC[C@@H]4[C@@]5(C)CC[C@H](OC(=O)/C=C\c6ccc(O)cc6)C(C)(C)[C@@H]5CC[C@]43C)[C@H]2C1. The minimum absolute atomic E-state index is 0.0752. The van der Waals surface area contributed by atoms with E-state index >= 15 is 0 Å². The van der Waals surface area contributed by atoms with Crippen LogP contribution in [0.2, 0.25) is 0 Å². The van der Waals surface area contributed by atoms with Gasteiger partial charge in [0, 0.05) is 23.5 Å². The van der Waals surface area contributed by atoms with Gasteiger partial charge in [0.1, 0.15) is 11.9 Å². The van der Waals surface area contributed by atoms with Crippen molar-refractivity contribution in [2.24, 2.45) is 50.2 Å². The van der Waals surface area contributed by atoms with Gasteiger partial charge >= 0.3 is 5.97 Å². The van der Waals surface area contributed by atoms with Crippen LogP contribution in [0.25, 0.3) is 6.08 Å². The number of phenolic OH excluding ortho intramolecular Hbond substituents is 1. The maximum Gasteiger partial charge on any atom is 0.331 e. The number of rotatable bonds is 4. The molecule has 4 saturated carbocycles. The molecule has 0 spiro atoms. The number of aromatic hydroxyl groups is 1. The Morgan fingerprint density at radius 2 is 1.60 bits per heavy atom. The van der Waals surface area contributed by atoms with E-state index in [1.807, 2.05) is 0 Å². The van der Waals surface area contributed by atoms with E-state index in [1.165, 1.54) is 38.2 Å². The van der Waals surface area contributed by atoms with E-state index in [-0.39, 0.29) is 44.9 Å². The molecule has 0 saturated heterocycles. The number of aliphatic hydroxyl groups excluding tert-OH is 1. The lowest BCUT2D eigenvalue weighted by atomic mass is 9.33. The van der Waals surface area contributed by atoms with Crippen molar-refractivity contribution in [3.63, 3.8) is 0 Å². The molecular weight excluding hydrogens is 532 g/mol. The topological polar surface area (TPSA) is 66.8 Å². The monoisotopic (exact) mass is 588 g/mol. The molecule has 5 aliphatic rings. The van der Waals surface area contributed by atoms with E-state index in [0.29, 0.717) is 29.8 Å². The molecule has 0 unspecified atom stereocenters. The number of phenols is 1. The molecule has 6 rings (SSSR count). The molecule has 0 amide bonds. The number of hydrogen-bond acceptors (Lipinski definition) is 4. The fourth-order valence-electron chi connectivity index (χ4n) is 11.8. The summed E-state index contributed by atoms with van der Waals surface area (Å²) < 4.78 is 6.20. The Labute approximate surface area is 260 Å². The van der Waals surface area contributed by atoms with Crippen LogP contribution in [0.4, 0.5) is 0 Å². The molecule has 43 heavy (non-hydrogen) atoms. The van der Waals surface area contributed by atoms with Crippen molar-refractivity contribution in [2.45, 2.75) is 119 Å². The first-order valence-electron chi connectivity index (χ1n) is 17.1. The Bertz CT molecular complexity index is 1300. The highest BCUT2D eigenvalue weighted by Crippen LogP contribution is 2.75. The third-order valence-electron chi connectivity index (χ3n) is 14.6. The third kappa shape index (κ3) is 4.67. The predicted molar refractivity (Wildman–Crippen MR) is 173 cm³/mol. The van der Waals surface area contributed by atoms with Crippen molar-refractivity contribution in [2.75, 3.05) is 6.61 Å². The standard InChI is InChI=1S/C39H56O4/c1-34(2)20-22-39(25-40)23-21-37(6)28(29(39)24-34)13-14-31-36(5)18-17-32(35(3,4)30(36)16-19-38(31,37)7)43-33(42)15-10-26-8-11-27(41)12-9-26/h8-13,15,29-32,40-41H,14,16-25H2,1-7H3/b15-10-/t29-,30+,31-,32+,36+,37-,38-,39-/m1/s1. The first kappa shape index (κ1) is 30.9. The lowest BCUT2D eigenvalue weighted by Gasteiger charge is -2.71. The van der Waals surface area contributed by atoms with Crippen LogP contribution in [0.1, 0.15) is 118 Å². The van der Waals surface area contributed by atoms with Crippen LogP contribution in [0.15, 0.2) is 42.0 Å². The molecule has 5 aliphatic carbocycles. The molecule has 4 heteroatoms. The quantitative estimate of drug-likeness (QED) is 0.209. The van der Waals surface area contributed by atoms with E-state index in [2.05, 4.69) is 54.5 Å². The number of ether oxygens (including phenoxy) is 1. The van der Waals surface area contributed by atoms with Crippen LogP contribution in [0.5, 0.6) is 5.75 Å². The molecule has 4 nitrogen and oxygen atoms in total. The molecule has 0 heterocycles. The van der Waals surface area contributed by atoms with Gasteiger partial charge in [0.05, 0.1) is 0 Å². The predicted octanol–water partition coefficient (Wildman–Crippen LogP) is 9.11. The van der Waals surface area contributed by atoms with Crippen molar-refractivity contribution < 1.29 is 19.7 Å². The van der Waals surface area contributed by atoms with Gasteiger partial charge in [-0.3, -0.25) is 0 Å². The maximum absolute atomic E-state index is 13.0. The second kappa shape index (κ2) is 10.2. The largest absolute Gasteiger partial charge is 0.508 e. The van der Waals surface area contributed by atoms with Gasteiger partial charge < -0.3 is 14.9 Å². The summed E-state index contributed by atoms with van der Waals surface area (Å²) in [5.41, 5.74) is 3.48. The highest BCUT2D eigenvalue weighted by Gasteiger charge is 2.68. The fraction of sp³-hybridized carbons (Fsp3) is 0.718. The summed E-state index contributed by atoms with van der Waals surface area (Å²) in [6.07, 6.45) is 17.4. The van der Waals surface area contributed by atoms with Gasteiger partial charge in [-0.15, -0.1) is 0 Å². The average Bonchev–Trinajstić information content (AvgIpc) is 2.94. The number of allylic oxidation sites excluding steroid dienone is 2. The first-order valence-corrected chi connectivity index (χ1v) is 17.1. The molecule has 0 aromatic heterocycles. The van der Waals surface area contributed by atoms with Crippen LogP contribution in [-0.4, -0.2) is 28.9 Å². The highest BCUT2D eigenvalue weighted by molar-refractivity contribution is 5.87. The summed E-state index contributed by atoms with van der Waals surface area (Å²) in [7, 11) is 0. The number of benzene rings is 1. The van der Waals surface area contributed by atoms with Gasteiger partial charge in [-0.2, -0.15) is 0 Å². The smallest absolute Gasteiger partial charge is 0.331 e. The first-order chi connectivity index (χ1) is 20.1. The van der Waals surface area contributed by atoms with Crippen LogP contribution >= 0.6 is 0 Å². The van der Waals surface area contributed by atoms with E-state index in [4.69, 9.17) is 4.74 Å². The van der Waals surface area contributed by atoms with Gasteiger partial charge in [-0.25, -0.2) is 4.79 Å². The summed E-state index contributed by atoms with van der Waals surface area (Å²) in [5.74, 6) is 1.55. The zero-order valence-electron chi connectivity index (χ0n) is 27.8. The molecule has 236 valence electrons. The van der Waals surface area contributed by atoms with Crippen molar-refractivity contribution in [3.8, 4) is 5.75 Å². The number of fused-ring (bicyclic) bond motifs is 7. The number of carbonyl (C=O) groups excluding carboxylic acids is 1. The Hall–Kier alpha value is -2.07. The summed E-state index contributed by atoms with van der Waals surface area (Å²) >= 11 is 0. The van der Waals surface area contributed by atoms with Gasteiger partial charge in [0.25, 0.3) is 0 Å². The van der Waals surface area contributed by atoms with E-state index < -0.39 is 0 Å². The second-order valence-electron chi connectivity index (χ2n) is 17.4. The Balaban J connectivity index is 1.25. The van der Waals surface area contributed by atoms with Gasteiger partial charge in [-0.05, 0) is 127 Å². The fourth-order valence-corrected chi connectivity index (χ4v) is 11.8. The molecular formula is C39H56O4. The summed E-state index contributed by atoms with van der Waals surface area (Å²) in [5, 5.41) is 20.3. The van der Waals surface area contributed by atoms with Crippen molar-refractivity contribution in [1.82, 2.24) is 0 Å². The third-order valence-corrected chi connectivity index (χ3v) is 14.6. The summed E-state index contributed by atoms with van der Waals surface area (Å²) in [4.78, 5) is 13.0. The number of esters is 1. The van der Waals surface area contributed by atoms with E-state index in [1.54, 1.807) is 35.9 Å². The van der Waals surface area contributed by atoms with Gasteiger partial charge in [0.15, 0.2) is 0 Å². The second-order valence-corrected chi connectivity index (χ2v) is 17.4. The molecule has 8 atom stereocenters. The molecule has 4 fully saturated rings. The lowest BCUT2D eigenvalue weighted by molar-refractivity contribution is -0.212. The van der Waals surface area contributed by atoms with Crippen molar-refractivity contribution >= 4 is 12.0 Å². The minimum Gasteiger partial charge on any atom is -0.508 e. The molecule has 0 bridgehead atoms. The highest BCUT2D eigenvalue weighted by atomic mass is 16.5. The number of carbonyl (C=O) groups is 1. The Kier molecular flexibility index (Phi) is 7.36. The Morgan fingerprint density at radius 1 is 0.907 bits per heavy atom. The zero-order valence-corrected chi connectivity index (χ0v) is 27.8. The lowest BCUT2D eigenvalue weighted by Crippen LogP contribution is -2.65. The molecule has 0 radical (unpaired) electrons. The number of aliphatic hydroxyl groups is 1. The normalized spacial score (nSPS) is 43.0. The maximum atomic E-state index is 13.0. The molecule has 0 aliphatic heterocycles. The van der Waals surface area contributed by atoms with Crippen molar-refractivity contribution in [3.05, 3.63) is 47.6 Å². The zero-order chi connectivity index (χ0) is 31.1. The van der Waals surface area contributed by atoms with Gasteiger partial charge in [0.2, 0.25) is 0 Å². The number of hydrogen-bond donors (Lipinski definition) is 2. The van der Waals surface area contributed by atoms with Crippen LogP contribution in [0, 0.1) is 50.2 Å². The van der Waals surface area contributed by atoms with Crippen LogP contribution in [-0.2, 0) is 9.53 Å². The Morgan fingerprint density at radius 3 is 2.30 bits per heavy atom. The van der Waals surface area contributed by atoms with E-state index in [9.17, 15) is 15.0 Å². The molecule has 1 aromatic rings. The van der Waals surface area contributed by atoms with Crippen molar-refractivity contribution in [1.29, 1.82) is 0 Å². The van der Waals surface area contributed by atoms with E-state index in [0.717, 1.165) is 37.7 Å². The molecule has 2 N–H and O–H groups in total. The molecule has 1 aromatic carbocycles. The van der Waals surface area contributed by atoms with Crippen LogP contribution in [0.3, 0.4) is 0 Å². The summed E-state index contributed by atoms with van der Waals surface area (Å²) in [6.45, 7) is 17.7. The van der Waals surface area contributed by atoms with Crippen LogP contribution < -0.4 is 0 Å². The summed E-state index contributed by atoms with van der Waals surface area (Å²) in [6, 6.07) is 6.85.